The molecule has 2 N–H and O–H groups in total. The quantitative estimate of drug-likeness (QED) is 0.703. The van der Waals surface area contributed by atoms with Crippen LogP contribution in [0.5, 0.6) is 0 Å². The number of amides is 2. The van der Waals surface area contributed by atoms with E-state index in [9.17, 15) is 4.79 Å². The predicted molar refractivity (Wildman–Crippen MR) is 105 cm³/mol. The Morgan fingerprint density at radius 1 is 1.31 bits per heavy atom. The van der Waals surface area contributed by atoms with E-state index in [-0.39, 0.29) is 18.1 Å². The van der Waals surface area contributed by atoms with Gasteiger partial charge in [-0.05, 0) is 43.8 Å². The lowest BCUT2D eigenvalue weighted by Gasteiger charge is -2.14. The number of nitrogens with one attached hydrogen (secondary N) is 2. The zero-order chi connectivity index (χ0) is 20.2. The molecule has 1 aliphatic rings. The molecule has 9 heteroatoms. The number of hydrogen-bond acceptors (Lipinski definition) is 7. The predicted octanol–water partition coefficient (Wildman–Crippen LogP) is 2.57. The van der Waals surface area contributed by atoms with Crippen LogP contribution < -0.4 is 10.6 Å². The van der Waals surface area contributed by atoms with E-state index in [0.29, 0.717) is 35.9 Å². The molecule has 29 heavy (non-hydrogen) atoms. The maximum atomic E-state index is 12.3. The van der Waals surface area contributed by atoms with Crippen LogP contribution in [0, 0.1) is 11.3 Å². The fraction of sp³-hybridized carbons (Fsp3) is 0.250. The summed E-state index contributed by atoms with van der Waals surface area (Å²) in [6, 6.07) is 12.0. The monoisotopic (exact) mass is 389 g/mol. The molecule has 4 rings (SSSR count). The highest BCUT2D eigenvalue weighted by molar-refractivity contribution is 5.89. The van der Waals surface area contributed by atoms with Crippen molar-refractivity contribution in [3.05, 3.63) is 60.2 Å². The van der Waals surface area contributed by atoms with E-state index in [4.69, 9.17) is 9.78 Å². The van der Waals surface area contributed by atoms with E-state index in [0.717, 1.165) is 5.56 Å². The molecule has 146 valence electrons. The number of nitriles is 1. The van der Waals surface area contributed by atoms with Crippen molar-refractivity contribution in [2.24, 2.45) is 0 Å². The number of likely N-dealkylation sites (N-methyl/N-ethyl adjacent to an activating group) is 1. The molecule has 2 aromatic heterocycles. The minimum absolute atomic E-state index is 0.0691. The summed E-state index contributed by atoms with van der Waals surface area (Å²) in [6.07, 6.45) is 4.01. The summed E-state index contributed by atoms with van der Waals surface area (Å²) in [5.74, 6) is 1.04. The van der Waals surface area contributed by atoms with Crippen LogP contribution in [-0.4, -0.2) is 45.7 Å². The summed E-state index contributed by atoms with van der Waals surface area (Å²) in [7, 11) is 1.96. The third kappa shape index (κ3) is 4.23. The van der Waals surface area contributed by atoms with Gasteiger partial charge in [0.05, 0.1) is 17.7 Å². The van der Waals surface area contributed by atoms with Crippen molar-refractivity contribution >= 4 is 11.7 Å². The largest absolute Gasteiger partial charge is 0.337 e. The number of carbonyl (C=O) groups excluding carboxylic acids is 1. The number of rotatable bonds is 4. The molecule has 0 bridgehead atoms. The fourth-order valence-corrected chi connectivity index (χ4v) is 3.40. The molecular formula is C20H19N7O2. The van der Waals surface area contributed by atoms with Crippen LogP contribution in [0.2, 0.25) is 0 Å². The molecule has 1 saturated heterocycles. The molecule has 9 nitrogen and oxygen atoms in total. The number of aromatic nitrogens is 3. The summed E-state index contributed by atoms with van der Waals surface area (Å²) in [4.78, 5) is 22.9. The van der Waals surface area contributed by atoms with Gasteiger partial charge in [0.25, 0.3) is 0 Å². The van der Waals surface area contributed by atoms with Crippen LogP contribution >= 0.6 is 0 Å². The van der Waals surface area contributed by atoms with Crippen molar-refractivity contribution in [1.82, 2.24) is 25.3 Å². The van der Waals surface area contributed by atoms with Crippen LogP contribution in [0.1, 0.15) is 23.9 Å². The van der Waals surface area contributed by atoms with Crippen molar-refractivity contribution in [3.63, 3.8) is 0 Å². The van der Waals surface area contributed by atoms with Crippen LogP contribution in [0.15, 0.2) is 53.3 Å². The normalized spacial score (nSPS) is 18.9. The molecule has 0 radical (unpaired) electrons. The van der Waals surface area contributed by atoms with E-state index in [1.54, 1.807) is 36.7 Å². The average molecular weight is 389 g/mol. The second kappa shape index (κ2) is 8.08. The topological polar surface area (TPSA) is 120 Å². The lowest BCUT2D eigenvalue weighted by atomic mass is 10.1. The Bertz CT molecular complexity index is 1040. The fourth-order valence-electron chi connectivity index (χ4n) is 3.40. The van der Waals surface area contributed by atoms with Crippen molar-refractivity contribution < 1.29 is 9.32 Å². The van der Waals surface area contributed by atoms with Crippen LogP contribution in [0.4, 0.5) is 10.5 Å². The molecule has 1 fully saturated rings. The van der Waals surface area contributed by atoms with Crippen molar-refractivity contribution in [3.8, 4) is 17.5 Å². The first-order chi connectivity index (χ1) is 14.1. The molecule has 3 aromatic rings. The number of likely N-dealkylation sites (tertiary alicyclic amines) is 1. The second-order valence-corrected chi connectivity index (χ2v) is 6.87. The molecule has 2 amide bonds. The summed E-state index contributed by atoms with van der Waals surface area (Å²) in [5.41, 5.74) is 1.90. The Morgan fingerprint density at radius 3 is 2.93 bits per heavy atom. The van der Waals surface area contributed by atoms with Gasteiger partial charge in [-0.2, -0.15) is 10.2 Å². The minimum atomic E-state index is -0.317. The first-order valence-electron chi connectivity index (χ1n) is 9.14. The number of benzene rings is 1. The molecule has 2 atom stereocenters. The van der Waals surface area contributed by atoms with Gasteiger partial charge in [0.15, 0.2) is 0 Å². The highest BCUT2D eigenvalue weighted by Crippen LogP contribution is 2.30. The number of urea groups is 1. The Morgan fingerprint density at radius 2 is 2.14 bits per heavy atom. The maximum absolute atomic E-state index is 12.3. The van der Waals surface area contributed by atoms with Gasteiger partial charge in [-0.1, -0.05) is 11.2 Å². The molecule has 2 unspecified atom stereocenters. The van der Waals surface area contributed by atoms with E-state index >= 15 is 0 Å². The molecule has 1 aromatic carbocycles. The van der Waals surface area contributed by atoms with Gasteiger partial charge in [-0.3, -0.25) is 9.88 Å². The highest BCUT2D eigenvalue weighted by atomic mass is 16.5. The van der Waals surface area contributed by atoms with E-state index < -0.39 is 0 Å². The summed E-state index contributed by atoms with van der Waals surface area (Å²) >= 11 is 0. The van der Waals surface area contributed by atoms with Gasteiger partial charge >= 0.3 is 6.03 Å². The van der Waals surface area contributed by atoms with E-state index in [2.05, 4.69) is 36.7 Å². The molecule has 1 aliphatic heterocycles. The number of pyridine rings is 1. The Kier molecular flexibility index (Phi) is 5.18. The number of anilines is 1. The standard InChI is InChI=1S/C20H19N7O2/c1-27-12-16(24-20(28)23-15-4-2-3-13(9-15)11-21)10-17(27)19-25-18(26-29-19)14-5-7-22-8-6-14/h2-9,16-17H,10,12H2,1H3,(H2,23,24,28). The van der Waals surface area contributed by atoms with Crippen molar-refractivity contribution in [2.45, 2.75) is 18.5 Å². The van der Waals surface area contributed by atoms with Crippen LogP contribution in [-0.2, 0) is 0 Å². The van der Waals surface area contributed by atoms with Gasteiger partial charge < -0.3 is 15.2 Å². The minimum Gasteiger partial charge on any atom is -0.337 e. The maximum Gasteiger partial charge on any atom is 0.319 e. The highest BCUT2D eigenvalue weighted by Gasteiger charge is 2.35. The van der Waals surface area contributed by atoms with Crippen LogP contribution in [0.3, 0.4) is 0 Å². The third-order valence-electron chi connectivity index (χ3n) is 4.80. The Labute approximate surface area is 167 Å². The SMILES string of the molecule is CN1CC(NC(=O)Nc2cccc(C#N)c2)CC1c1nc(-c2ccncc2)no1. The van der Waals surface area contributed by atoms with E-state index in [1.807, 2.05) is 19.2 Å². The summed E-state index contributed by atoms with van der Waals surface area (Å²) in [6.45, 7) is 0.656. The lowest BCUT2D eigenvalue weighted by molar-refractivity contribution is 0.243. The van der Waals surface area contributed by atoms with Gasteiger partial charge in [0, 0.05) is 36.2 Å². The third-order valence-corrected chi connectivity index (χ3v) is 4.80. The summed E-state index contributed by atoms with van der Waals surface area (Å²) < 4.78 is 5.47. The van der Waals surface area contributed by atoms with Crippen molar-refractivity contribution in [2.75, 3.05) is 18.9 Å². The number of hydrogen-bond donors (Lipinski definition) is 2. The molecule has 0 saturated carbocycles. The smallest absolute Gasteiger partial charge is 0.319 e. The van der Waals surface area contributed by atoms with Crippen molar-refractivity contribution in [1.29, 1.82) is 5.26 Å². The van der Waals surface area contributed by atoms with Crippen LogP contribution in [0.25, 0.3) is 11.4 Å². The lowest BCUT2D eigenvalue weighted by Crippen LogP contribution is -2.39. The zero-order valence-corrected chi connectivity index (χ0v) is 15.7. The van der Waals surface area contributed by atoms with Gasteiger partial charge in [0.1, 0.15) is 0 Å². The summed E-state index contributed by atoms with van der Waals surface area (Å²) in [5, 5.41) is 18.7. The molecule has 0 spiro atoms. The zero-order valence-electron chi connectivity index (χ0n) is 15.7. The first kappa shape index (κ1) is 18.6. The molecule has 3 heterocycles. The second-order valence-electron chi connectivity index (χ2n) is 6.87. The molecule has 0 aliphatic carbocycles. The number of nitrogens with zero attached hydrogens (tertiary/aromatic N) is 5. The average Bonchev–Trinajstić information content (AvgIpc) is 3.35. The first-order valence-corrected chi connectivity index (χ1v) is 9.14. The van der Waals surface area contributed by atoms with Gasteiger partial charge in [-0.25, -0.2) is 4.79 Å². The number of carbonyl (C=O) groups is 1. The van der Waals surface area contributed by atoms with E-state index in [1.165, 1.54) is 0 Å². The Hall–Kier alpha value is -3.77. The van der Waals surface area contributed by atoms with Gasteiger partial charge in [0.2, 0.25) is 11.7 Å². The van der Waals surface area contributed by atoms with Gasteiger partial charge in [-0.15, -0.1) is 0 Å². The Balaban J connectivity index is 1.38. The molecular weight excluding hydrogens is 370 g/mol.